The first kappa shape index (κ1) is 15.9. The first-order chi connectivity index (χ1) is 8.99. The Labute approximate surface area is 114 Å². The largest absolute Gasteiger partial charge is 0.380 e. The molecular formula is C12H21N3O3S. The summed E-state index contributed by atoms with van der Waals surface area (Å²) in [5.74, 6) is 0.656. The second-order valence-corrected chi connectivity index (χ2v) is 5.81. The van der Waals surface area contributed by atoms with Crippen LogP contribution in [0.1, 0.15) is 20.8 Å². The van der Waals surface area contributed by atoms with Crippen molar-refractivity contribution in [2.24, 2.45) is 0 Å². The first-order valence-electron chi connectivity index (χ1n) is 6.29. The zero-order valence-electron chi connectivity index (χ0n) is 11.5. The highest BCUT2D eigenvalue weighted by Gasteiger charge is 2.17. The average Bonchev–Trinajstić information content (AvgIpc) is 2.37. The maximum Gasteiger partial charge on any atom is 0.242 e. The number of sulfonamides is 1. The third-order valence-electron chi connectivity index (χ3n) is 2.33. The summed E-state index contributed by atoms with van der Waals surface area (Å²) < 4.78 is 31.8. The number of nitrogens with one attached hydrogen (secondary N) is 2. The van der Waals surface area contributed by atoms with Crippen molar-refractivity contribution in [1.82, 2.24) is 9.71 Å². The van der Waals surface area contributed by atoms with Crippen LogP contribution in [0.25, 0.3) is 0 Å². The van der Waals surface area contributed by atoms with E-state index in [9.17, 15) is 8.42 Å². The Morgan fingerprint density at radius 3 is 2.63 bits per heavy atom. The molecule has 0 saturated heterocycles. The molecule has 1 heterocycles. The highest BCUT2D eigenvalue weighted by molar-refractivity contribution is 7.89. The van der Waals surface area contributed by atoms with Crippen LogP contribution in [-0.4, -0.2) is 39.2 Å². The van der Waals surface area contributed by atoms with Crippen LogP contribution < -0.4 is 10.0 Å². The van der Waals surface area contributed by atoms with E-state index in [-0.39, 0.29) is 10.9 Å². The van der Waals surface area contributed by atoms with Crippen molar-refractivity contribution < 1.29 is 13.2 Å². The third-order valence-corrected chi connectivity index (χ3v) is 3.91. The highest BCUT2D eigenvalue weighted by Crippen LogP contribution is 2.11. The summed E-state index contributed by atoms with van der Waals surface area (Å²) in [6, 6.07) is 2.89. The SMILES string of the molecule is CCNc1ccc(S(=O)(=O)NC(C)COCC)cn1. The minimum Gasteiger partial charge on any atom is -0.380 e. The molecule has 2 N–H and O–H groups in total. The lowest BCUT2D eigenvalue weighted by Gasteiger charge is -2.14. The number of pyridine rings is 1. The summed E-state index contributed by atoms with van der Waals surface area (Å²) >= 11 is 0. The van der Waals surface area contributed by atoms with Crippen LogP contribution in [0.15, 0.2) is 23.2 Å². The van der Waals surface area contributed by atoms with Gasteiger partial charge in [0, 0.05) is 25.4 Å². The van der Waals surface area contributed by atoms with E-state index >= 15 is 0 Å². The lowest BCUT2D eigenvalue weighted by atomic mass is 10.4. The molecule has 108 valence electrons. The molecular weight excluding hydrogens is 266 g/mol. The lowest BCUT2D eigenvalue weighted by molar-refractivity contribution is 0.133. The molecule has 19 heavy (non-hydrogen) atoms. The van der Waals surface area contributed by atoms with Crippen LogP contribution in [0.4, 0.5) is 5.82 Å². The maximum absolute atomic E-state index is 12.0. The van der Waals surface area contributed by atoms with Gasteiger partial charge in [0.15, 0.2) is 0 Å². The number of rotatable bonds is 8. The summed E-state index contributed by atoms with van der Waals surface area (Å²) in [5.41, 5.74) is 0. The van der Waals surface area contributed by atoms with E-state index in [1.165, 1.54) is 12.3 Å². The Bertz CT molecular complexity index is 473. The van der Waals surface area contributed by atoms with Crippen LogP contribution in [0.3, 0.4) is 0 Å². The molecule has 0 aliphatic rings. The molecule has 6 nitrogen and oxygen atoms in total. The van der Waals surface area contributed by atoms with Crippen molar-refractivity contribution in [3.63, 3.8) is 0 Å². The molecule has 0 aliphatic carbocycles. The molecule has 7 heteroatoms. The van der Waals surface area contributed by atoms with Gasteiger partial charge in [-0.05, 0) is 32.9 Å². The minimum atomic E-state index is -3.54. The normalized spacial score (nSPS) is 13.2. The van der Waals surface area contributed by atoms with Gasteiger partial charge in [-0.2, -0.15) is 0 Å². The number of aromatic nitrogens is 1. The van der Waals surface area contributed by atoms with E-state index in [1.807, 2.05) is 13.8 Å². The summed E-state index contributed by atoms with van der Waals surface area (Å²) in [6.07, 6.45) is 1.34. The average molecular weight is 287 g/mol. The molecule has 0 amide bonds. The van der Waals surface area contributed by atoms with Crippen LogP contribution >= 0.6 is 0 Å². The number of ether oxygens (including phenoxy) is 1. The molecule has 0 saturated carbocycles. The predicted molar refractivity (Wildman–Crippen MR) is 74.7 cm³/mol. The number of nitrogens with zero attached hydrogens (tertiary/aromatic N) is 1. The van der Waals surface area contributed by atoms with Gasteiger partial charge in [0.25, 0.3) is 0 Å². The fraction of sp³-hybridized carbons (Fsp3) is 0.583. The Hall–Kier alpha value is -1.18. The Kier molecular flexibility index (Phi) is 6.20. The summed E-state index contributed by atoms with van der Waals surface area (Å²) in [6.45, 7) is 7.22. The van der Waals surface area contributed by atoms with E-state index in [4.69, 9.17) is 4.74 Å². The standard InChI is InChI=1S/C12H21N3O3S/c1-4-13-12-7-6-11(8-14-12)19(16,17)15-10(3)9-18-5-2/h6-8,10,15H,4-5,9H2,1-3H3,(H,13,14). The van der Waals surface area contributed by atoms with E-state index in [0.717, 1.165) is 6.54 Å². The summed E-state index contributed by atoms with van der Waals surface area (Å²) in [5, 5.41) is 3.01. The molecule has 1 aromatic rings. The van der Waals surface area contributed by atoms with Gasteiger partial charge in [0.05, 0.1) is 6.61 Å². The quantitative estimate of drug-likeness (QED) is 0.751. The minimum absolute atomic E-state index is 0.150. The van der Waals surface area contributed by atoms with Gasteiger partial charge in [0.2, 0.25) is 10.0 Å². The van der Waals surface area contributed by atoms with Crippen LogP contribution in [0.5, 0.6) is 0 Å². The molecule has 0 fully saturated rings. The number of hydrogen-bond acceptors (Lipinski definition) is 5. The summed E-state index contributed by atoms with van der Waals surface area (Å²) in [4.78, 5) is 4.19. The van der Waals surface area contributed by atoms with Crippen LogP contribution in [0.2, 0.25) is 0 Å². The molecule has 0 radical (unpaired) electrons. The van der Waals surface area contributed by atoms with Crippen molar-refractivity contribution >= 4 is 15.8 Å². The molecule has 1 aromatic heterocycles. The Morgan fingerprint density at radius 2 is 2.11 bits per heavy atom. The molecule has 0 aliphatic heterocycles. The van der Waals surface area contributed by atoms with E-state index < -0.39 is 10.0 Å². The lowest BCUT2D eigenvalue weighted by Crippen LogP contribution is -2.35. The van der Waals surface area contributed by atoms with Gasteiger partial charge in [-0.3, -0.25) is 0 Å². The van der Waals surface area contributed by atoms with Gasteiger partial charge in [-0.1, -0.05) is 0 Å². The third kappa shape index (κ3) is 5.14. The maximum atomic E-state index is 12.0. The fourth-order valence-corrected chi connectivity index (χ4v) is 2.66. The second kappa shape index (κ2) is 7.42. The zero-order valence-corrected chi connectivity index (χ0v) is 12.3. The molecule has 1 unspecified atom stereocenters. The predicted octanol–water partition coefficient (Wildman–Crippen LogP) is 1.22. The number of hydrogen-bond donors (Lipinski definition) is 2. The van der Waals surface area contributed by atoms with Gasteiger partial charge < -0.3 is 10.1 Å². The fourth-order valence-electron chi connectivity index (χ4n) is 1.49. The van der Waals surface area contributed by atoms with Gasteiger partial charge in [0.1, 0.15) is 10.7 Å². The molecule has 1 rings (SSSR count). The van der Waals surface area contributed by atoms with E-state index in [2.05, 4.69) is 15.0 Å². The molecule has 0 bridgehead atoms. The van der Waals surface area contributed by atoms with Crippen molar-refractivity contribution in [3.05, 3.63) is 18.3 Å². The van der Waals surface area contributed by atoms with Crippen molar-refractivity contribution in [3.8, 4) is 0 Å². The van der Waals surface area contributed by atoms with Crippen molar-refractivity contribution in [2.45, 2.75) is 31.7 Å². The smallest absolute Gasteiger partial charge is 0.242 e. The van der Waals surface area contributed by atoms with Gasteiger partial charge in [-0.25, -0.2) is 18.1 Å². The van der Waals surface area contributed by atoms with Gasteiger partial charge >= 0.3 is 0 Å². The topological polar surface area (TPSA) is 80.3 Å². The van der Waals surface area contributed by atoms with Gasteiger partial charge in [-0.15, -0.1) is 0 Å². The number of anilines is 1. The highest BCUT2D eigenvalue weighted by atomic mass is 32.2. The summed E-state index contributed by atoms with van der Waals surface area (Å²) in [7, 11) is -3.54. The first-order valence-corrected chi connectivity index (χ1v) is 7.78. The van der Waals surface area contributed by atoms with Crippen molar-refractivity contribution in [2.75, 3.05) is 25.1 Å². The molecule has 0 aromatic carbocycles. The Morgan fingerprint density at radius 1 is 1.37 bits per heavy atom. The Balaban J connectivity index is 2.71. The van der Waals surface area contributed by atoms with E-state index in [0.29, 0.717) is 19.0 Å². The van der Waals surface area contributed by atoms with E-state index in [1.54, 1.807) is 13.0 Å². The zero-order chi connectivity index (χ0) is 14.3. The van der Waals surface area contributed by atoms with Crippen LogP contribution in [0, 0.1) is 0 Å². The monoisotopic (exact) mass is 287 g/mol. The molecule has 0 spiro atoms. The molecule has 1 atom stereocenters. The second-order valence-electron chi connectivity index (χ2n) is 4.09. The van der Waals surface area contributed by atoms with Crippen molar-refractivity contribution in [1.29, 1.82) is 0 Å². The van der Waals surface area contributed by atoms with Crippen LogP contribution in [-0.2, 0) is 14.8 Å².